The summed E-state index contributed by atoms with van der Waals surface area (Å²) in [4.78, 5) is 13.7. The Morgan fingerprint density at radius 3 is 2.52 bits per heavy atom. The van der Waals surface area contributed by atoms with Gasteiger partial charge in [0.25, 0.3) is 0 Å². The monoisotopic (exact) mass is 358 g/mol. The highest BCUT2D eigenvalue weighted by molar-refractivity contribution is 7.88. The topological polar surface area (TPSA) is 66.5 Å². The SMILES string of the molecule is CC(C)C[C@H](NC(=O)C1CCN(S(C)(=O)=O)CC1)c1cccs1. The molecule has 1 amide bonds. The second-order valence-electron chi connectivity index (χ2n) is 6.64. The summed E-state index contributed by atoms with van der Waals surface area (Å²) < 4.78 is 24.5. The highest BCUT2D eigenvalue weighted by atomic mass is 32.2. The van der Waals surface area contributed by atoms with Crippen molar-refractivity contribution in [2.45, 2.75) is 39.2 Å². The lowest BCUT2D eigenvalue weighted by Crippen LogP contribution is -2.43. The molecule has 1 saturated heterocycles. The standard InChI is InChI=1S/C16H26N2O3S2/c1-12(2)11-14(15-5-4-10-22-15)17-16(19)13-6-8-18(9-7-13)23(3,20)21/h4-5,10,12-14H,6-9,11H2,1-3H3,(H,17,19)/t14-/m0/s1. The third-order valence-corrected chi connectivity index (χ3v) is 6.49. The van der Waals surface area contributed by atoms with Gasteiger partial charge in [-0.25, -0.2) is 12.7 Å². The number of hydrogen-bond acceptors (Lipinski definition) is 4. The summed E-state index contributed by atoms with van der Waals surface area (Å²) in [6.45, 7) is 5.17. The van der Waals surface area contributed by atoms with Crippen LogP contribution in [0, 0.1) is 11.8 Å². The third-order valence-electron chi connectivity index (χ3n) is 4.20. The molecular weight excluding hydrogens is 332 g/mol. The molecule has 5 nitrogen and oxygen atoms in total. The minimum Gasteiger partial charge on any atom is -0.348 e. The van der Waals surface area contributed by atoms with Gasteiger partial charge in [-0.05, 0) is 36.6 Å². The molecule has 7 heteroatoms. The molecule has 2 heterocycles. The van der Waals surface area contributed by atoms with E-state index in [9.17, 15) is 13.2 Å². The van der Waals surface area contributed by atoms with Crippen molar-refractivity contribution in [2.24, 2.45) is 11.8 Å². The Hall–Kier alpha value is -0.920. The first-order valence-corrected chi connectivity index (χ1v) is 10.8. The van der Waals surface area contributed by atoms with Crippen molar-refractivity contribution in [3.8, 4) is 0 Å². The fraction of sp³-hybridized carbons (Fsp3) is 0.688. The van der Waals surface area contributed by atoms with Gasteiger partial charge < -0.3 is 5.32 Å². The van der Waals surface area contributed by atoms with Crippen molar-refractivity contribution in [2.75, 3.05) is 19.3 Å². The van der Waals surface area contributed by atoms with Crippen LogP contribution < -0.4 is 5.32 Å². The fourth-order valence-electron chi connectivity index (χ4n) is 2.95. The molecule has 1 atom stereocenters. The number of nitrogens with one attached hydrogen (secondary N) is 1. The quantitative estimate of drug-likeness (QED) is 0.850. The summed E-state index contributed by atoms with van der Waals surface area (Å²) >= 11 is 1.66. The lowest BCUT2D eigenvalue weighted by molar-refractivity contribution is -0.127. The summed E-state index contributed by atoms with van der Waals surface area (Å²) in [5.74, 6) is 0.453. The van der Waals surface area contributed by atoms with Crippen molar-refractivity contribution in [3.05, 3.63) is 22.4 Å². The number of rotatable bonds is 6. The molecule has 130 valence electrons. The minimum atomic E-state index is -3.15. The number of hydrogen-bond donors (Lipinski definition) is 1. The first-order valence-electron chi connectivity index (χ1n) is 8.06. The van der Waals surface area contributed by atoms with Crippen molar-refractivity contribution in [3.63, 3.8) is 0 Å². The molecule has 2 rings (SSSR count). The summed E-state index contributed by atoms with van der Waals surface area (Å²) in [6.07, 6.45) is 3.33. The lowest BCUT2D eigenvalue weighted by atomic mass is 9.95. The first kappa shape index (κ1) is 18.4. The molecule has 1 fully saturated rings. The Morgan fingerprint density at radius 1 is 1.39 bits per heavy atom. The number of thiophene rings is 1. The summed E-state index contributed by atoms with van der Waals surface area (Å²) in [5.41, 5.74) is 0. The predicted molar refractivity (Wildman–Crippen MR) is 93.8 cm³/mol. The molecule has 0 bridgehead atoms. The number of piperidine rings is 1. The summed E-state index contributed by atoms with van der Waals surface area (Å²) in [6, 6.07) is 4.12. The van der Waals surface area contributed by atoms with Gasteiger partial charge in [-0.1, -0.05) is 19.9 Å². The van der Waals surface area contributed by atoms with E-state index in [4.69, 9.17) is 0 Å². The zero-order valence-electron chi connectivity index (χ0n) is 14.0. The van der Waals surface area contributed by atoms with E-state index in [0.717, 1.165) is 6.42 Å². The Morgan fingerprint density at radius 2 is 2.04 bits per heavy atom. The molecule has 0 aromatic carbocycles. The van der Waals surface area contributed by atoms with Crippen molar-refractivity contribution in [1.82, 2.24) is 9.62 Å². The maximum absolute atomic E-state index is 12.6. The molecule has 0 spiro atoms. The van der Waals surface area contributed by atoms with E-state index in [1.165, 1.54) is 15.4 Å². The molecule has 1 N–H and O–H groups in total. The molecular formula is C16H26N2O3S2. The maximum Gasteiger partial charge on any atom is 0.223 e. The van der Waals surface area contributed by atoms with Crippen LogP contribution in [0.2, 0.25) is 0 Å². The van der Waals surface area contributed by atoms with Gasteiger partial charge in [0.15, 0.2) is 0 Å². The van der Waals surface area contributed by atoms with Gasteiger partial charge in [-0.2, -0.15) is 0 Å². The zero-order valence-corrected chi connectivity index (χ0v) is 15.6. The molecule has 0 saturated carbocycles. The highest BCUT2D eigenvalue weighted by Gasteiger charge is 2.30. The summed E-state index contributed by atoms with van der Waals surface area (Å²) in [7, 11) is -3.15. The van der Waals surface area contributed by atoms with Gasteiger partial charge in [0.1, 0.15) is 0 Å². The molecule has 1 aromatic heterocycles. The Labute approximate surface area is 143 Å². The molecule has 0 aliphatic carbocycles. The van der Waals surface area contributed by atoms with E-state index < -0.39 is 10.0 Å². The number of carbonyl (C=O) groups is 1. The van der Waals surface area contributed by atoms with Gasteiger partial charge in [-0.3, -0.25) is 4.79 Å². The second-order valence-corrected chi connectivity index (χ2v) is 9.60. The van der Waals surface area contributed by atoms with E-state index in [-0.39, 0.29) is 17.9 Å². The van der Waals surface area contributed by atoms with Gasteiger partial charge in [-0.15, -0.1) is 11.3 Å². The van der Waals surface area contributed by atoms with Crippen LogP contribution in [0.25, 0.3) is 0 Å². The predicted octanol–water partition coefficient (Wildman–Crippen LogP) is 2.62. The molecule has 1 aliphatic heterocycles. The van der Waals surface area contributed by atoms with Crippen LogP contribution in [-0.4, -0.2) is 38.0 Å². The zero-order chi connectivity index (χ0) is 17.0. The van der Waals surface area contributed by atoms with Gasteiger partial charge in [0.05, 0.1) is 12.3 Å². The van der Waals surface area contributed by atoms with E-state index in [1.807, 2.05) is 11.4 Å². The maximum atomic E-state index is 12.6. The van der Waals surface area contributed by atoms with Crippen LogP contribution in [0.1, 0.15) is 44.0 Å². The van der Waals surface area contributed by atoms with Gasteiger partial charge in [0.2, 0.25) is 15.9 Å². The van der Waals surface area contributed by atoms with Crippen LogP contribution in [0.4, 0.5) is 0 Å². The Kier molecular flexibility index (Phi) is 6.22. The van der Waals surface area contributed by atoms with E-state index in [1.54, 1.807) is 11.3 Å². The van der Waals surface area contributed by atoms with Crippen molar-refractivity contribution < 1.29 is 13.2 Å². The van der Waals surface area contributed by atoms with E-state index in [0.29, 0.717) is 31.8 Å². The molecule has 23 heavy (non-hydrogen) atoms. The van der Waals surface area contributed by atoms with Gasteiger partial charge >= 0.3 is 0 Å². The van der Waals surface area contributed by atoms with Crippen LogP contribution in [0.15, 0.2) is 17.5 Å². The molecule has 0 unspecified atom stereocenters. The van der Waals surface area contributed by atoms with E-state index in [2.05, 4.69) is 25.2 Å². The lowest BCUT2D eigenvalue weighted by Gasteiger charge is -2.30. The largest absolute Gasteiger partial charge is 0.348 e. The molecule has 0 radical (unpaired) electrons. The number of sulfonamides is 1. The molecule has 1 aliphatic rings. The van der Waals surface area contributed by atoms with Crippen LogP contribution >= 0.6 is 11.3 Å². The van der Waals surface area contributed by atoms with Gasteiger partial charge in [0, 0.05) is 23.9 Å². The summed E-state index contributed by atoms with van der Waals surface area (Å²) in [5, 5.41) is 5.20. The number of amides is 1. The third kappa shape index (κ3) is 5.29. The van der Waals surface area contributed by atoms with Crippen LogP contribution in [-0.2, 0) is 14.8 Å². The van der Waals surface area contributed by atoms with Crippen molar-refractivity contribution >= 4 is 27.3 Å². The normalized spacial score (nSPS) is 19.0. The number of carbonyl (C=O) groups excluding carboxylic acids is 1. The Balaban J connectivity index is 1.95. The fourth-order valence-corrected chi connectivity index (χ4v) is 4.61. The van der Waals surface area contributed by atoms with E-state index >= 15 is 0 Å². The number of nitrogens with zero attached hydrogens (tertiary/aromatic N) is 1. The van der Waals surface area contributed by atoms with Crippen LogP contribution in [0.3, 0.4) is 0 Å². The average molecular weight is 359 g/mol. The van der Waals surface area contributed by atoms with Crippen molar-refractivity contribution in [1.29, 1.82) is 0 Å². The highest BCUT2D eigenvalue weighted by Crippen LogP contribution is 2.27. The minimum absolute atomic E-state index is 0.0513. The average Bonchev–Trinajstić information content (AvgIpc) is 2.99. The Bertz CT molecular complexity index is 603. The second kappa shape index (κ2) is 7.77. The smallest absolute Gasteiger partial charge is 0.223 e. The first-order chi connectivity index (χ1) is 10.8. The van der Waals surface area contributed by atoms with Crippen LogP contribution in [0.5, 0.6) is 0 Å². The molecule has 1 aromatic rings.